The number of rotatable bonds is 3. The number of aryl methyl sites for hydroxylation is 2. The minimum absolute atomic E-state index is 0.0796. The molecule has 1 fully saturated rings. The topological polar surface area (TPSA) is 82.2 Å². The standard InChI is InChI=1S/C15H22N4O2/c1-11-3-4-13(12(2)9-11)15(20)19-7-5-18(6-8-19)10-14(16)17-21/h3-4,9,21H,5-8,10H2,1-2H3,(H2,16,17). The van der Waals surface area contributed by atoms with Crippen molar-refractivity contribution in [2.45, 2.75) is 13.8 Å². The van der Waals surface area contributed by atoms with Crippen molar-refractivity contribution in [1.29, 1.82) is 0 Å². The Kier molecular flexibility index (Phi) is 4.80. The van der Waals surface area contributed by atoms with Crippen molar-refractivity contribution in [1.82, 2.24) is 9.80 Å². The molecule has 1 aliphatic heterocycles. The van der Waals surface area contributed by atoms with Crippen molar-refractivity contribution in [3.8, 4) is 0 Å². The van der Waals surface area contributed by atoms with Crippen molar-refractivity contribution < 1.29 is 10.0 Å². The smallest absolute Gasteiger partial charge is 0.254 e. The van der Waals surface area contributed by atoms with Crippen LogP contribution in [0.15, 0.2) is 23.4 Å². The lowest BCUT2D eigenvalue weighted by Gasteiger charge is -2.34. The average molecular weight is 290 g/mol. The van der Waals surface area contributed by atoms with Crippen LogP contribution in [0, 0.1) is 13.8 Å². The number of nitrogens with zero attached hydrogens (tertiary/aromatic N) is 3. The van der Waals surface area contributed by atoms with Gasteiger partial charge in [-0.05, 0) is 25.5 Å². The van der Waals surface area contributed by atoms with E-state index < -0.39 is 0 Å². The normalized spacial score (nSPS) is 17.0. The van der Waals surface area contributed by atoms with E-state index in [9.17, 15) is 4.79 Å². The first kappa shape index (κ1) is 15.3. The Morgan fingerprint density at radius 1 is 1.29 bits per heavy atom. The molecule has 0 aliphatic carbocycles. The van der Waals surface area contributed by atoms with Gasteiger partial charge in [0.15, 0.2) is 5.84 Å². The third-order valence-electron chi connectivity index (χ3n) is 3.79. The van der Waals surface area contributed by atoms with Crippen molar-refractivity contribution in [3.63, 3.8) is 0 Å². The fourth-order valence-corrected chi connectivity index (χ4v) is 2.59. The van der Waals surface area contributed by atoms with Crippen LogP contribution in [-0.2, 0) is 0 Å². The molecule has 1 aromatic rings. The van der Waals surface area contributed by atoms with Gasteiger partial charge in [-0.15, -0.1) is 0 Å². The van der Waals surface area contributed by atoms with Gasteiger partial charge in [-0.3, -0.25) is 9.69 Å². The van der Waals surface area contributed by atoms with Crippen molar-refractivity contribution in [3.05, 3.63) is 34.9 Å². The van der Waals surface area contributed by atoms with E-state index in [1.54, 1.807) is 0 Å². The summed E-state index contributed by atoms with van der Waals surface area (Å²) in [7, 11) is 0. The molecule has 3 N–H and O–H groups in total. The molecule has 114 valence electrons. The summed E-state index contributed by atoms with van der Waals surface area (Å²) in [4.78, 5) is 16.5. The van der Waals surface area contributed by atoms with Gasteiger partial charge in [0.25, 0.3) is 5.91 Å². The molecule has 0 bridgehead atoms. The minimum atomic E-state index is 0.0796. The van der Waals surface area contributed by atoms with E-state index in [4.69, 9.17) is 10.9 Å². The number of oxime groups is 1. The van der Waals surface area contributed by atoms with Crippen LogP contribution < -0.4 is 5.73 Å². The largest absolute Gasteiger partial charge is 0.409 e. The van der Waals surface area contributed by atoms with Crippen LogP contribution in [0.4, 0.5) is 0 Å². The first-order valence-electron chi connectivity index (χ1n) is 7.06. The Morgan fingerprint density at radius 3 is 2.52 bits per heavy atom. The SMILES string of the molecule is Cc1ccc(C(=O)N2CCN(CC(N)=NO)CC2)c(C)c1. The molecule has 1 aromatic carbocycles. The van der Waals surface area contributed by atoms with Gasteiger partial charge >= 0.3 is 0 Å². The highest BCUT2D eigenvalue weighted by Gasteiger charge is 2.23. The molecule has 0 aromatic heterocycles. The van der Waals surface area contributed by atoms with Crippen molar-refractivity contribution >= 4 is 11.7 Å². The Bertz CT molecular complexity index is 549. The van der Waals surface area contributed by atoms with Crippen molar-refractivity contribution in [2.75, 3.05) is 32.7 Å². The van der Waals surface area contributed by atoms with Gasteiger partial charge in [-0.25, -0.2) is 0 Å². The predicted molar refractivity (Wildman–Crippen MR) is 81.7 cm³/mol. The second-order valence-electron chi connectivity index (χ2n) is 5.48. The van der Waals surface area contributed by atoms with Crippen LogP contribution in [0.5, 0.6) is 0 Å². The van der Waals surface area contributed by atoms with E-state index in [0.717, 1.165) is 29.8 Å². The summed E-state index contributed by atoms with van der Waals surface area (Å²) in [5.41, 5.74) is 8.44. The van der Waals surface area contributed by atoms with Gasteiger partial charge in [-0.2, -0.15) is 0 Å². The first-order valence-corrected chi connectivity index (χ1v) is 7.06. The molecule has 2 rings (SSSR count). The third kappa shape index (κ3) is 3.72. The van der Waals surface area contributed by atoms with Crippen LogP contribution >= 0.6 is 0 Å². The Hall–Kier alpha value is -2.08. The molecule has 0 atom stereocenters. The van der Waals surface area contributed by atoms with Crippen LogP contribution in [0.25, 0.3) is 0 Å². The summed E-state index contributed by atoms with van der Waals surface area (Å²) in [6, 6.07) is 5.90. The number of nitrogens with two attached hydrogens (primary N) is 1. The molecule has 1 saturated heterocycles. The Morgan fingerprint density at radius 2 is 1.95 bits per heavy atom. The Balaban J connectivity index is 1.97. The summed E-state index contributed by atoms with van der Waals surface area (Å²) in [5.74, 6) is 0.278. The van der Waals surface area contributed by atoms with E-state index in [1.165, 1.54) is 0 Å². The van der Waals surface area contributed by atoms with Gasteiger partial charge in [0, 0.05) is 31.7 Å². The van der Waals surface area contributed by atoms with E-state index in [2.05, 4.69) is 10.1 Å². The van der Waals surface area contributed by atoms with Gasteiger partial charge in [0.1, 0.15) is 0 Å². The number of amides is 1. The highest BCUT2D eigenvalue weighted by Crippen LogP contribution is 2.14. The fourth-order valence-electron chi connectivity index (χ4n) is 2.59. The lowest BCUT2D eigenvalue weighted by Crippen LogP contribution is -2.50. The summed E-state index contributed by atoms with van der Waals surface area (Å²) in [5, 5.41) is 11.6. The maximum absolute atomic E-state index is 12.5. The molecule has 1 amide bonds. The van der Waals surface area contributed by atoms with Gasteiger partial charge in [-0.1, -0.05) is 22.9 Å². The molecule has 0 unspecified atom stereocenters. The van der Waals surface area contributed by atoms with E-state index in [-0.39, 0.29) is 11.7 Å². The fraction of sp³-hybridized carbons (Fsp3) is 0.467. The first-order chi connectivity index (χ1) is 10.0. The van der Waals surface area contributed by atoms with Crippen LogP contribution in [0.2, 0.25) is 0 Å². The average Bonchev–Trinajstić information content (AvgIpc) is 2.47. The third-order valence-corrected chi connectivity index (χ3v) is 3.79. The highest BCUT2D eigenvalue weighted by atomic mass is 16.4. The number of benzene rings is 1. The maximum Gasteiger partial charge on any atom is 0.254 e. The number of hydrogen-bond donors (Lipinski definition) is 2. The summed E-state index contributed by atoms with van der Waals surface area (Å²) in [6.07, 6.45) is 0. The van der Waals surface area contributed by atoms with E-state index >= 15 is 0 Å². The molecular formula is C15H22N4O2. The Labute approximate surface area is 124 Å². The summed E-state index contributed by atoms with van der Waals surface area (Å²) < 4.78 is 0. The number of amidine groups is 1. The van der Waals surface area contributed by atoms with E-state index in [1.807, 2.05) is 36.9 Å². The molecule has 0 saturated carbocycles. The quantitative estimate of drug-likeness (QED) is 0.373. The molecule has 0 spiro atoms. The number of piperazine rings is 1. The molecule has 0 radical (unpaired) electrons. The van der Waals surface area contributed by atoms with Crippen molar-refractivity contribution in [2.24, 2.45) is 10.9 Å². The number of hydrogen-bond acceptors (Lipinski definition) is 4. The predicted octanol–water partition coefficient (Wildman–Crippen LogP) is 0.808. The van der Waals surface area contributed by atoms with Crippen LogP contribution in [-0.4, -0.2) is 59.5 Å². The second-order valence-corrected chi connectivity index (χ2v) is 5.48. The van der Waals surface area contributed by atoms with Crippen LogP contribution in [0.1, 0.15) is 21.5 Å². The number of carbonyl (C=O) groups is 1. The van der Waals surface area contributed by atoms with Gasteiger partial charge in [0.05, 0.1) is 6.54 Å². The molecular weight excluding hydrogens is 268 g/mol. The van der Waals surface area contributed by atoms with Gasteiger partial charge < -0.3 is 15.8 Å². The number of carbonyl (C=O) groups excluding carboxylic acids is 1. The summed E-state index contributed by atoms with van der Waals surface area (Å²) in [6.45, 7) is 7.19. The van der Waals surface area contributed by atoms with Gasteiger partial charge in [0.2, 0.25) is 0 Å². The highest BCUT2D eigenvalue weighted by molar-refractivity contribution is 5.95. The van der Waals surface area contributed by atoms with Crippen LogP contribution in [0.3, 0.4) is 0 Å². The summed E-state index contributed by atoms with van der Waals surface area (Å²) >= 11 is 0. The zero-order chi connectivity index (χ0) is 15.4. The zero-order valence-corrected chi connectivity index (χ0v) is 12.5. The molecule has 6 nitrogen and oxygen atoms in total. The maximum atomic E-state index is 12.5. The zero-order valence-electron chi connectivity index (χ0n) is 12.5. The second kappa shape index (κ2) is 6.58. The lowest BCUT2D eigenvalue weighted by molar-refractivity contribution is 0.0652. The molecule has 1 heterocycles. The van der Waals surface area contributed by atoms with E-state index in [0.29, 0.717) is 19.6 Å². The monoisotopic (exact) mass is 290 g/mol. The molecule has 6 heteroatoms. The molecule has 21 heavy (non-hydrogen) atoms. The molecule has 1 aliphatic rings. The lowest BCUT2D eigenvalue weighted by atomic mass is 10.0. The minimum Gasteiger partial charge on any atom is -0.409 e.